The predicted octanol–water partition coefficient (Wildman–Crippen LogP) is 2.42. The van der Waals surface area contributed by atoms with Crippen molar-refractivity contribution in [1.29, 1.82) is 0 Å². The molecule has 2 aromatic carbocycles. The van der Waals surface area contributed by atoms with E-state index >= 15 is 0 Å². The molecule has 2 rings (SSSR count). The topological polar surface area (TPSA) is 113 Å². The maximum atomic E-state index is 10.4. The average molecular weight is 302 g/mol. The molecule has 0 radical (unpaired) electrons. The summed E-state index contributed by atoms with van der Waals surface area (Å²) < 4.78 is 0. The van der Waals surface area contributed by atoms with Crippen molar-refractivity contribution in [1.82, 2.24) is 0 Å². The maximum absolute atomic E-state index is 10.4. The lowest BCUT2D eigenvalue weighted by molar-refractivity contribution is -0.138. The molecule has 0 saturated heterocycles. The number of nitrogens with one attached hydrogen (secondary N) is 1. The number of para-hydroxylation sites is 1. The van der Waals surface area contributed by atoms with Crippen molar-refractivity contribution in [3.8, 4) is 0 Å². The van der Waals surface area contributed by atoms with Crippen molar-refractivity contribution in [2.24, 2.45) is 5.73 Å². The van der Waals surface area contributed by atoms with E-state index < -0.39 is 18.1 Å². The largest absolute Gasteiger partial charge is 0.480 e. The van der Waals surface area contributed by atoms with E-state index in [1.54, 1.807) is 24.3 Å². The monoisotopic (exact) mass is 302 g/mol. The first-order valence-corrected chi connectivity index (χ1v) is 6.56. The Balaban J connectivity index is 0.000000224. The zero-order chi connectivity index (χ0) is 16.4. The van der Waals surface area contributed by atoms with E-state index in [9.17, 15) is 9.59 Å². The minimum atomic E-state index is -1.04. The van der Waals surface area contributed by atoms with Crippen LogP contribution in [0.25, 0.3) is 0 Å². The Labute approximate surface area is 128 Å². The molecule has 1 unspecified atom stereocenters. The number of rotatable bonds is 4. The van der Waals surface area contributed by atoms with Crippen LogP contribution < -0.4 is 11.1 Å². The molecule has 6 heteroatoms. The van der Waals surface area contributed by atoms with Gasteiger partial charge in [-0.25, -0.2) is 4.79 Å². The third-order valence-corrected chi connectivity index (χ3v) is 2.64. The molecule has 6 nitrogen and oxygen atoms in total. The molecule has 0 aliphatic carbocycles. The van der Waals surface area contributed by atoms with Crippen molar-refractivity contribution in [3.05, 3.63) is 66.2 Å². The normalized spacial score (nSPS) is 10.8. The van der Waals surface area contributed by atoms with Gasteiger partial charge in [0.2, 0.25) is 0 Å². The van der Waals surface area contributed by atoms with Crippen molar-refractivity contribution < 1.29 is 19.8 Å². The first-order valence-electron chi connectivity index (χ1n) is 6.56. The van der Waals surface area contributed by atoms with Crippen LogP contribution in [-0.4, -0.2) is 28.3 Å². The van der Waals surface area contributed by atoms with Crippen molar-refractivity contribution >= 4 is 17.7 Å². The van der Waals surface area contributed by atoms with Gasteiger partial charge in [-0.15, -0.1) is 0 Å². The summed E-state index contributed by atoms with van der Waals surface area (Å²) in [4.78, 5) is 20.4. The Kier molecular flexibility index (Phi) is 7.15. The van der Waals surface area contributed by atoms with Gasteiger partial charge in [-0.05, 0) is 24.1 Å². The summed E-state index contributed by atoms with van der Waals surface area (Å²) in [6.45, 7) is 0. The fraction of sp³-hybridized carbons (Fsp3) is 0.125. The van der Waals surface area contributed by atoms with Crippen LogP contribution in [0.5, 0.6) is 0 Å². The van der Waals surface area contributed by atoms with E-state index in [0.717, 1.165) is 5.56 Å². The molecule has 0 saturated carbocycles. The summed E-state index contributed by atoms with van der Waals surface area (Å²) in [5.74, 6) is -0.959. The number of anilines is 1. The summed E-state index contributed by atoms with van der Waals surface area (Å²) in [5.41, 5.74) is 6.89. The number of nitrogens with two attached hydrogens (primary N) is 1. The van der Waals surface area contributed by atoms with Gasteiger partial charge in [0, 0.05) is 5.69 Å². The van der Waals surface area contributed by atoms with Crippen LogP contribution in [0.2, 0.25) is 0 Å². The number of carbonyl (C=O) groups is 2. The van der Waals surface area contributed by atoms with Gasteiger partial charge in [0.15, 0.2) is 0 Å². The average Bonchev–Trinajstić information content (AvgIpc) is 2.49. The Bertz CT molecular complexity index is 588. The number of carboxylic acids is 1. The van der Waals surface area contributed by atoms with Crippen LogP contribution in [0, 0.1) is 0 Å². The van der Waals surface area contributed by atoms with E-state index in [1.807, 2.05) is 36.4 Å². The molecule has 1 atom stereocenters. The SMILES string of the molecule is NC(Cc1ccccc1)C(=O)O.O=C(O)Nc1ccccc1. The van der Waals surface area contributed by atoms with Gasteiger partial charge in [-0.3, -0.25) is 10.1 Å². The molecule has 0 spiro atoms. The number of aliphatic carboxylic acids is 1. The fourth-order valence-electron chi connectivity index (χ4n) is 1.60. The standard InChI is InChI=1S/C9H11NO2.C7H7NO2/c10-8(9(11)12)6-7-4-2-1-3-5-7;9-7(10)8-6-4-2-1-3-5-6/h1-5,8H,6,10H2,(H,11,12);1-5,8H,(H,9,10). The van der Waals surface area contributed by atoms with Crippen LogP contribution in [0.15, 0.2) is 60.7 Å². The highest BCUT2D eigenvalue weighted by atomic mass is 16.4. The Morgan fingerprint density at radius 1 is 0.955 bits per heavy atom. The van der Waals surface area contributed by atoms with Gasteiger partial charge in [0.25, 0.3) is 0 Å². The molecule has 0 aliphatic rings. The fourth-order valence-corrected chi connectivity index (χ4v) is 1.60. The van der Waals surface area contributed by atoms with Crippen LogP contribution in [-0.2, 0) is 11.2 Å². The van der Waals surface area contributed by atoms with E-state index in [2.05, 4.69) is 5.32 Å². The number of benzene rings is 2. The number of hydrogen-bond donors (Lipinski definition) is 4. The van der Waals surface area contributed by atoms with Gasteiger partial charge in [0.1, 0.15) is 6.04 Å². The van der Waals surface area contributed by atoms with E-state index in [4.69, 9.17) is 15.9 Å². The lowest BCUT2D eigenvalue weighted by Crippen LogP contribution is -2.32. The van der Waals surface area contributed by atoms with Gasteiger partial charge < -0.3 is 15.9 Å². The Morgan fingerprint density at radius 2 is 1.45 bits per heavy atom. The minimum absolute atomic E-state index is 0.385. The van der Waals surface area contributed by atoms with Gasteiger partial charge in [-0.2, -0.15) is 0 Å². The first-order chi connectivity index (χ1) is 10.5. The molecule has 116 valence electrons. The Morgan fingerprint density at radius 3 is 1.91 bits per heavy atom. The highest BCUT2D eigenvalue weighted by Gasteiger charge is 2.10. The van der Waals surface area contributed by atoms with Gasteiger partial charge >= 0.3 is 12.1 Å². The molecule has 0 fully saturated rings. The number of amides is 1. The molecular weight excluding hydrogens is 284 g/mol. The highest BCUT2D eigenvalue weighted by molar-refractivity contribution is 5.82. The smallest absolute Gasteiger partial charge is 0.409 e. The summed E-state index contributed by atoms with van der Waals surface area (Å²) >= 11 is 0. The Hall–Kier alpha value is -2.86. The molecule has 0 aliphatic heterocycles. The van der Waals surface area contributed by atoms with E-state index in [0.29, 0.717) is 12.1 Å². The van der Waals surface area contributed by atoms with Crippen molar-refractivity contribution in [2.75, 3.05) is 5.32 Å². The molecule has 22 heavy (non-hydrogen) atoms. The van der Waals surface area contributed by atoms with E-state index in [-0.39, 0.29) is 0 Å². The zero-order valence-electron chi connectivity index (χ0n) is 11.8. The number of hydrogen-bond acceptors (Lipinski definition) is 3. The molecule has 2 aromatic rings. The summed E-state index contributed by atoms with van der Waals surface area (Å²) in [6, 6.07) is 17.3. The van der Waals surface area contributed by atoms with Crippen LogP contribution in [0.3, 0.4) is 0 Å². The second-order valence-corrected chi connectivity index (χ2v) is 4.43. The van der Waals surface area contributed by atoms with Crippen molar-refractivity contribution in [3.63, 3.8) is 0 Å². The lowest BCUT2D eigenvalue weighted by Gasteiger charge is -2.04. The number of carboxylic acid groups (broad SMARTS) is 2. The minimum Gasteiger partial charge on any atom is -0.480 e. The van der Waals surface area contributed by atoms with Crippen LogP contribution in [0.1, 0.15) is 5.56 Å². The highest BCUT2D eigenvalue weighted by Crippen LogP contribution is 2.03. The summed E-state index contributed by atoms with van der Waals surface area (Å²) in [6.07, 6.45) is -0.651. The maximum Gasteiger partial charge on any atom is 0.409 e. The molecule has 0 bridgehead atoms. The van der Waals surface area contributed by atoms with Gasteiger partial charge in [-0.1, -0.05) is 48.5 Å². The first kappa shape index (κ1) is 17.2. The second-order valence-electron chi connectivity index (χ2n) is 4.43. The molecule has 0 aromatic heterocycles. The van der Waals surface area contributed by atoms with Crippen LogP contribution >= 0.6 is 0 Å². The predicted molar refractivity (Wildman–Crippen MR) is 83.8 cm³/mol. The summed E-state index contributed by atoms with van der Waals surface area (Å²) in [5, 5.41) is 19.0. The van der Waals surface area contributed by atoms with Crippen molar-refractivity contribution in [2.45, 2.75) is 12.5 Å². The van der Waals surface area contributed by atoms with E-state index in [1.165, 1.54) is 0 Å². The molecule has 1 amide bonds. The van der Waals surface area contributed by atoms with Crippen LogP contribution in [0.4, 0.5) is 10.5 Å². The zero-order valence-corrected chi connectivity index (χ0v) is 11.8. The lowest BCUT2D eigenvalue weighted by atomic mass is 10.1. The third-order valence-electron chi connectivity index (χ3n) is 2.64. The summed E-state index contributed by atoms with van der Waals surface area (Å²) in [7, 11) is 0. The second kappa shape index (κ2) is 9.15. The quantitative estimate of drug-likeness (QED) is 0.692. The molecular formula is C16H18N2O4. The molecule has 5 N–H and O–H groups in total. The third kappa shape index (κ3) is 7.06. The molecule has 0 heterocycles. The van der Waals surface area contributed by atoms with Gasteiger partial charge in [0.05, 0.1) is 0 Å².